The van der Waals surface area contributed by atoms with Crippen molar-refractivity contribution in [3.8, 4) is 0 Å². The molecule has 0 saturated carbocycles. The van der Waals surface area contributed by atoms with Crippen LogP contribution in [0.4, 0.5) is 4.79 Å². The van der Waals surface area contributed by atoms with Gasteiger partial charge in [0.1, 0.15) is 5.60 Å². The minimum Gasteiger partial charge on any atom is -0.469 e. The molecule has 0 aromatic heterocycles. The summed E-state index contributed by atoms with van der Waals surface area (Å²) in [6, 6.07) is 0.0417. The monoisotopic (exact) mass is 363 g/mol. The molecule has 2 atom stereocenters. The Morgan fingerprint density at radius 3 is 2.08 bits per heavy atom. The molecule has 0 spiro atoms. The van der Waals surface area contributed by atoms with Crippen LogP contribution in [-0.2, 0) is 23.9 Å². The average molecular weight is 363 g/mol. The number of carbonyl (C=O) groups is 2. The first kappa shape index (κ1) is 24.7. The van der Waals surface area contributed by atoms with Crippen molar-refractivity contribution in [2.45, 2.75) is 52.7 Å². The van der Waals surface area contributed by atoms with Crippen molar-refractivity contribution in [1.29, 1.82) is 0 Å². The Morgan fingerprint density at radius 1 is 1.21 bits per heavy atom. The minimum atomic E-state index is -0.490. The second-order valence-corrected chi connectivity index (χ2v) is 7.26. The highest BCUT2D eigenvalue weighted by Gasteiger charge is 2.23. The number of amides is 1. The quantitative estimate of drug-likeness (QED) is 0.642. The molecule has 0 aliphatic rings. The SMILES string of the molecule is CC[C@@H](CSC[C@@H](C)N(C)C(=O)OC(C)(C)C)C(=O)OC.O=C=O. The summed E-state index contributed by atoms with van der Waals surface area (Å²) >= 11 is 1.65. The lowest BCUT2D eigenvalue weighted by atomic mass is 10.1. The van der Waals surface area contributed by atoms with Crippen LogP contribution < -0.4 is 0 Å². The van der Waals surface area contributed by atoms with Crippen molar-refractivity contribution in [3.05, 3.63) is 0 Å². The van der Waals surface area contributed by atoms with Gasteiger partial charge in [0.25, 0.3) is 0 Å². The van der Waals surface area contributed by atoms with Crippen LogP contribution in [0, 0.1) is 5.92 Å². The molecule has 1 amide bonds. The van der Waals surface area contributed by atoms with Gasteiger partial charge in [0.05, 0.1) is 13.0 Å². The lowest BCUT2D eigenvalue weighted by molar-refractivity contribution is -0.191. The summed E-state index contributed by atoms with van der Waals surface area (Å²) in [4.78, 5) is 41.3. The molecule has 0 saturated heterocycles. The normalized spacial score (nSPS) is 12.8. The highest BCUT2D eigenvalue weighted by atomic mass is 32.2. The third-order valence-electron chi connectivity index (χ3n) is 3.05. The summed E-state index contributed by atoms with van der Waals surface area (Å²) < 4.78 is 10.1. The van der Waals surface area contributed by atoms with E-state index in [1.807, 2.05) is 34.6 Å². The van der Waals surface area contributed by atoms with E-state index in [-0.39, 0.29) is 30.2 Å². The number of esters is 1. The Bertz CT molecular complexity index is 415. The highest BCUT2D eigenvalue weighted by molar-refractivity contribution is 7.99. The minimum absolute atomic E-state index is 0.0417. The maximum Gasteiger partial charge on any atom is 0.410 e. The largest absolute Gasteiger partial charge is 0.469 e. The van der Waals surface area contributed by atoms with Crippen LogP contribution in [0.2, 0.25) is 0 Å². The molecule has 0 heterocycles. The van der Waals surface area contributed by atoms with Crippen molar-refractivity contribution in [3.63, 3.8) is 0 Å². The Balaban J connectivity index is 0. The molecular formula is C16H29NO6S. The first-order valence-electron chi connectivity index (χ1n) is 7.64. The molecule has 0 aliphatic carbocycles. The van der Waals surface area contributed by atoms with E-state index in [4.69, 9.17) is 19.1 Å². The number of carbonyl (C=O) groups excluding carboxylic acids is 4. The maximum absolute atomic E-state index is 11.9. The van der Waals surface area contributed by atoms with Gasteiger partial charge in [-0.25, -0.2) is 4.79 Å². The average Bonchev–Trinajstić information content (AvgIpc) is 2.48. The van der Waals surface area contributed by atoms with E-state index in [2.05, 4.69) is 0 Å². The van der Waals surface area contributed by atoms with E-state index in [0.717, 1.165) is 12.2 Å². The predicted octanol–water partition coefficient (Wildman–Crippen LogP) is 2.59. The standard InChI is InChI=1S/C15H29NO4S.CO2/c1-8-12(13(17)19-7)10-21-9-11(2)16(6)14(18)20-15(3,4)5;2-1-3/h11-12H,8-10H2,1-7H3;/t11-,12+;/m1./s1. The fourth-order valence-corrected chi connectivity index (χ4v) is 2.88. The van der Waals surface area contributed by atoms with Gasteiger partial charge in [0.2, 0.25) is 0 Å². The predicted molar refractivity (Wildman–Crippen MR) is 91.6 cm³/mol. The molecule has 8 heteroatoms. The summed E-state index contributed by atoms with van der Waals surface area (Å²) in [5.74, 6) is 1.20. The number of rotatable bonds is 7. The Morgan fingerprint density at radius 2 is 1.71 bits per heavy atom. The number of methoxy groups -OCH3 is 1. The zero-order valence-electron chi connectivity index (χ0n) is 15.6. The molecule has 0 aromatic carbocycles. The van der Waals surface area contributed by atoms with Crippen LogP contribution in [0.15, 0.2) is 0 Å². The highest BCUT2D eigenvalue weighted by Crippen LogP contribution is 2.17. The van der Waals surface area contributed by atoms with Gasteiger partial charge in [-0.1, -0.05) is 6.92 Å². The van der Waals surface area contributed by atoms with E-state index in [1.165, 1.54) is 7.11 Å². The van der Waals surface area contributed by atoms with Gasteiger partial charge in [-0.05, 0) is 34.1 Å². The first-order chi connectivity index (χ1) is 11.0. The maximum atomic E-state index is 11.9. The van der Waals surface area contributed by atoms with Crippen LogP contribution in [0.25, 0.3) is 0 Å². The number of nitrogens with zero attached hydrogens (tertiary/aromatic N) is 1. The molecule has 0 fully saturated rings. The van der Waals surface area contributed by atoms with E-state index in [0.29, 0.717) is 5.75 Å². The van der Waals surface area contributed by atoms with Gasteiger partial charge in [-0.3, -0.25) is 4.79 Å². The van der Waals surface area contributed by atoms with Crippen LogP contribution in [0.3, 0.4) is 0 Å². The van der Waals surface area contributed by atoms with Crippen molar-refractivity contribution in [2.24, 2.45) is 5.92 Å². The molecule has 0 bridgehead atoms. The van der Waals surface area contributed by atoms with Crippen LogP contribution >= 0.6 is 11.8 Å². The number of thioether (sulfide) groups is 1. The summed E-state index contributed by atoms with van der Waals surface area (Å²) in [6.07, 6.45) is 0.686. The number of hydrogen-bond acceptors (Lipinski definition) is 7. The fraction of sp³-hybridized carbons (Fsp3) is 0.812. The first-order valence-corrected chi connectivity index (χ1v) is 8.80. The molecule has 24 heavy (non-hydrogen) atoms. The summed E-state index contributed by atoms with van der Waals surface area (Å²) in [5, 5.41) is 0. The molecule has 0 unspecified atom stereocenters. The summed E-state index contributed by atoms with van der Waals surface area (Å²) in [5.41, 5.74) is -0.490. The lowest BCUT2D eigenvalue weighted by Gasteiger charge is -2.28. The third-order valence-corrected chi connectivity index (χ3v) is 4.40. The van der Waals surface area contributed by atoms with Gasteiger partial charge in [-0.15, -0.1) is 0 Å². The molecule has 0 radical (unpaired) electrons. The summed E-state index contributed by atoms with van der Waals surface area (Å²) in [6.45, 7) is 9.48. The Hall–Kier alpha value is -1.53. The molecule has 0 aromatic rings. The van der Waals surface area contributed by atoms with Crippen molar-refractivity contribution in [1.82, 2.24) is 4.90 Å². The van der Waals surface area contributed by atoms with Crippen LogP contribution in [-0.4, -0.2) is 60.4 Å². The van der Waals surface area contributed by atoms with Crippen molar-refractivity contribution >= 4 is 30.0 Å². The molecule has 0 N–H and O–H groups in total. The van der Waals surface area contributed by atoms with Gasteiger partial charge in [0.15, 0.2) is 0 Å². The molecule has 140 valence electrons. The topological polar surface area (TPSA) is 90.0 Å². The van der Waals surface area contributed by atoms with Gasteiger partial charge < -0.3 is 14.4 Å². The molecule has 0 aliphatic heterocycles. The number of hydrogen-bond donors (Lipinski definition) is 0. The van der Waals surface area contributed by atoms with Crippen molar-refractivity contribution in [2.75, 3.05) is 25.7 Å². The van der Waals surface area contributed by atoms with Gasteiger partial charge in [-0.2, -0.15) is 21.4 Å². The molecule has 7 nitrogen and oxygen atoms in total. The summed E-state index contributed by atoms with van der Waals surface area (Å²) in [7, 11) is 3.14. The van der Waals surface area contributed by atoms with E-state index >= 15 is 0 Å². The lowest BCUT2D eigenvalue weighted by Crippen LogP contribution is -2.40. The van der Waals surface area contributed by atoms with Gasteiger partial charge >= 0.3 is 18.2 Å². The van der Waals surface area contributed by atoms with Crippen LogP contribution in [0.5, 0.6) is 0 Å². The smallest absolute Gasteiger partial charge is 0.410 e. The van der Waals surface area contributed by atoms with Crippen LogP contribution in [0.1, 0.15) is 41.0 Å². The zero-order chi connectivity index (χ0) is 19.3. The molecular weight excluding hydrogens is 334 g/mol. The Labute approximate surface area is 148 Å². The molecule has 0 rings (SSSR count). The zero-order valence-corrected chi connectivity index (χ0v) is 16.4. The van der Waals surface area contributed by atoms with Crippen molar-refractivity contribution < 1.29 is 28.7 Å². The number of ether oxygens (including phenoxy) is 2. The van der Waals surface area contributed by atoms with E-state index in [1.54, 1.807) is 23.7 Å². The van der Waals surface area contributed by atoms with E-state index in [9.17, 15) is 9.59 Å². The second-order valence-electron chi connectivity index (χ2n) is 6.19. The van der Waals surface area contributed by atoms with E-state index < -0.39 is 5.60 Å². The van der Waals surface area contributed by atoms with Gasteiger partial charge in [0, 0.05) is 24.6 Å². The Kier molecular flexibility index (Phi) is 13.2. The third kappa shape index (κ3) is 12.0. The second kappa shape index (κ2) is 12.8. The fourth-order valence-electron chi connectivity index (χ4n) is 1.53.